The second-order valence-electron chi connectivity index (χ2n) is 4.93. The number of carbonyl (C=O) groups is 1. The number of rotatable bonds is 2. The summed E-state index contributed by atoms with van der Waals surface area (Å²) in [5, 5.41) is 6.46. The third kappa shape index (κ3) is 3.00. The maximum absolute atomic E-state index is 12.5. The van der Waals surface area contributed by atoms with Crippen molar-refractivity contribution in [1.82, 2.24) is 20.1 Å². The summed E-state index contributed by atoms with van der Waals surface area (Å²) >= 11 is 0. The van der Waals surface area contributed by atoms with Crippen molar-refractivity contribution in [2.45, 2.75) is 32.4 Å². The van der Waals surface area contributed by atoms with Gasteiger partial charge in [0.15, 0.2) is 0 Å². The third-order valence-electron chi connectivity index (χ3n) is 3.10. The van der Waals surface area contributed by atoms with E-state index in [0.29, 0.717) is 5.82 Å². The summed E-state index contributed by atoms with van der Waals surface area (Å²) in [4.78, 5) is 17.4. The minimum atomic E-state index is -4.31. The number of aromatic nitrogens is 3. The van der Waals surface area contributed by atoms with Gasteiger partial charge in [-0.2, -0.15) is 13.2 Å². The SMILES string of the molecule is CC(C)c1nc(C(=O)N2CC=C(C(F)(F)F)CC2)n[nH]1. The highest BCUT2D eigenvalue weighted by molar-refractivity contribution is 5.90. The Bertz CT molecular complexity index is 533. The molecule has 0 aromatic carbocycles. The number of H-pyrrole nitrogens is 1. The van der Waals surface area contributed by atoms with E-state index in [1.807, 2.05) is 13.8 Å². The molecule has 0 aliphatic carbocycles. The van der Waals surface area contributed by atoms with E-state index < -0.39 is 17.7 Å². The molecular weight excluding hydrogens is 273 g/mol. The normalized spacial score (nSPS) is 16.5. The van der Waals surface area contributed by atoms with Crippen molar-refractivity contribution in [3.8, 4) is 0 Å². The number of carbonyl (C=O) groups excluding carboxylic acids is 1. The van der Waals surface area contributed by atoms with Crippen LogP contribution in [0.3, 0.4) is 0 Å². The predicted octanol–water partition coefficient (Wildman–Crippen LogP) is 2.26. The Morgan fingerprint density at radius 2 is 2.15 bits per heavy atom. The lowest BCUT2D eigenvalue weighted by Gasteiger charge is -2.26. The maximum Gasteiger partial charge on any atom is 0.412 e. The van der Waals surface area contributed by atoms with Gasteiger partial charge in [-0.25, -0.2) is 4.98 Å². The Kier molecular flexibility index (Phi) is 3.82. The van der Waals surface area contributed by atoms with E-state index in [2.05, 4.69) is 15.2 Å². The van der Waals surface area contributed by atoms with Crippen molar-refractivity contribution in [2.24, 2.45) is 0 Å². The molecule has 2 rings (SSSR count). The van der Waals surface area contributed by atoms with E-state index in [4.69, 9.17) is 0 Å². The first kappa shape index (κ1) is 14.5. The molecule has 0 bridgehead atoms. The third-order valence-corrected chi connectivity index (χ3v) is 3.10. The fraction of sp³-hybridized carbons (Fsp3) is 0.583. The molecule has 0 saturated heterocycles. The molecule has 0 atom stereocenters. The van der Waals surface area contributed by atoms with Gasteiger partial charge in [0.1, 0.15) is 5.82 Å². The fourth-order valence-electron chi connectivity index (χ4n) is 1.88. The largest absolute Gasteiger partial charge is 0.412 e. The molecule has 1 amide bonds. The number of hydrogen-bond acceptors (Lipinski definition) is 3. The van der Waals surface area contributed by atoms with E-state index in [9.17, 15) is 18.0 Å². The first-order valence-corrected chi connectivity index (χ1v) is 6.27. The molecular formula is C12H15F3N4O. The van der Waals surface area contributed by atoms with Crippen LogP contribution in [0.1, 0.15) is 42.6 Å². The van der Waals surface area contributed by atoms with Gasteiger partial charge >= 0.3 is 6.18 Å². The summed E-state index contributed by atoms with van der Waals surface area (Å²) in [6.45, 7) is 3.75. The number of nitrogens with zero attached hydrogens (tertiary/aromatic N) is 3. The lowest BCUT2D eigenvalue weighted by atomic mass is 10.1. The van der Waals surface area contributed by atoms with Crippen molar-refractivity contribution in [3.05, 3.63) is 23.3 Å². The van der Waals surface area contributed by atoms with Gasteiger partial charge in [-0.3, -0.25) is 9.89 Å². The number of aromatic amines is 1. The van der Waals surface area contributed by atoms with Gasteiger partial charge in [-0.1, -0.05) is 19.9 Å². The van der Waals surface area contributed by atoms with Gasteiger partial charge in [0.25, 0.3) is 5.91 Å². The summed E-state index contributed by atoms with van der Waals surface area (Å²) < 4.78 is 37.4. The predicted molar refractivity (Wildman–Crippen MR) is 65.1 cm³/mol. The quantitative estimate of drug-likeness (QED) is 0.849. The summed E-state index contributed by atoms with van der Waals surface area (Å²) in [6.07, 6.45) is -3.47. The summed E-state index contributed by atoms with van der Waals surface area (Å²) in [7, 11) is 0. The van der Waals surface area contributed by atoms with E-state index in [0.717, 1.165) is 6.08 Å². The molecule has 0 unspecified atom stereocenters. The number of halogens is 3. The van der Waals surface area contributed by atoms with Crippen LogP contribution < -0.4 is 0 Å². The van der Waals surface area contributed by atoms with Crippen molar-refractivity contribution < 1.29 is 18.0 Å². The van der Waals surface area contributed by atoms with Crippen LogP contribution in [0.2, 0.25) is 0 Å². The first-order valence-electron chi connectivity index (χ1n) is 6.27. The highest BCUT2D eigenvalue weighted by Crippen LogP contribution is 2.30. The highest BCUT2D eigenvalue weighted by atomic mass is 19.4. The molecule has 1 aliphatic heterocycles. The monoisotopic (exact) mass is 288 g/mol. The van der Waals surface area contributed by atoms with Crippen molar-refractivity contribution in [3.63, 3.8) is 0 Å². The van der Waals surface area contributed by atoms with Crippen LogP contribution >= 0.6 is 0 Å². The smallest absolute Gasteiger partial charge is 0.332 e. The maximum atomic E-state index is 12.5. The lowest BCUT2D eigenvalue weighted by molar-refractivity contribution is -0.0957. The average Bonchev–Trinajstić information content (AvgIpc) is 2.86. The number of nitrogens with one attached hydrogen (secondary N) is 1. The van der Waals surface area contributed by atoms with Crippen LogP contribution in [-0.2, 0) is 0 Å². The molecule has 1 aromatic rings. The summed E-state index contributed by atoms with van der Waals surface area (Å²) in [6, 6.07) is 0. The molecule has 0 radical (unpaired) electrons. The molecule has 1 N–H and O–H groups in total. The van der Waals surface area contributed by atoms with Crippen LogP contribution in [0.15, 0.2) is 11.6 Å². The molecule has 5 nitrogen and oxygen atoms in total. The number of alkyl halides is 3. The molecule has 1 aromatic heterocycles. The number of amides is 1. The van der Waals surface area contributed by atoms with Gasteiger partial charge in [0.05, 0.1) is 0 Å². The highest BCUT2D eigenvalue weighted by Gasteiger charge is 2.36. The Hall–Kier alpha value is -1.86. The molecule has 1 aliphatic rings. The van der Waals surface area contributed by atoms with Crippen LogP contribution in [0.25, 0.3) is 0 Å². The van der Waals surface area contributed by atoms with Crippen LogP contribution in [-0.4, -0.2) is 45.3 Å². The average molecular weight is 288 g/mol. The minimum absolute atomic E-state index is 0.00226. The van der Waals surface area contributed by atoms with Gasteiger partial charge in [0, 0.05) is 24.6 Å². The Labute approximate surface area is 113 Å². The van der Waals surface area contributed by atoms with E-state index >= 15 is 0 Å². The van der Waals surface area contributed by atoms with E-state index in [1.165, 1.54) is 4.90 Å². The topological polar surface area (TPSA) is 61.9 Å². The molecule has 8 heteroatoms. The molecule has 0 saturated carbocycles. The van der Waals surface area contributed by atoms with E-state index in [-0.39, 0.29) is 31.3 Å². The lowest BCUT2D eigenvalue weighted by Crippen LogP contribution is -2.37. The van der Waals surface area contributed by atoms with Gasteiger partial charge in [-0.15, -0.1) is 5.10 Å². The Balaban J connectivity index is 2.06. The first-order chi connectivity index (χ1) is 9.29. The van der Waals surface area contributed by atoms with Crippen LogP contribution in [0.5, 0.6) is 0 Å². The van der Waals surface area contributed by atoms with Crippen molar-refractivity contribution in [2.75, 3.05) is 13.1 Å². The zero-order chi connectivity index (χ0) is 14.9. The fourth-order valence-corrected chi connectivity index (χ4v) is 1.88. The molecule has 0 spiro atoms. The van der Waals surface area contributed by atoms with Crippen molar-refractivity contribution in [1.29, 1.82) is 0 Å². The van der Waals surface area contributed by atoms with Gasteiger partial charge in [-0.05, 0) is 6.42 Å². The Morgan fingerprint density at radius 1 is 1.45 bits per heavy atom. The zero-order valence-corrected chi connectivity index (χ0v) is 11.2. The van der Waals surface area contributed by atoms with Gasteiger partial charge < -0.3 is 4.90 Å². The Morgan fingerprint density at radius 3 is 2.60 bits per heavy atom. The zero-order valence-electron chi connectivity index (χ0n) is 11.2. The molecule has 0 fully saturated rings. The summed E-state index contributed by atoms with van der Waals surface area (Å²) in [5.74, 6) is 0.224. The standard InChI is InChI=1S/C12H15F3N4O/c1-7(2)9-16-10(18-17-9)11(20)19-5-3-8(4-6-19)12(13,14)15/h3,7H,4-6H2,1-2H3,(H,16,17,18). The van der Waals surface area contributed by atoms with Crippen LogP contribution in [0.4, 0.5) is 13.2 Å². The molecule has 2 heterocycles. The van der Waals surface area contributed by atoms with E-state index in [1.54, 1.807) is 0 Å². The second-order valence-corrected chi connectivity index (χ2v) is 4.93. The van der Waals surface area contributed by atoms with Crippen LogP contribution in [0, 0.1) is 0 Å². The number of hydrogen-bond donors (Lipinski definition) is 1. The molecule has 110 valence electrons. The minimum Gasteiger partial charge on any atom is -0.332 e. The van der Waals surface area contributed by atoms with Gasteiger partial charge in [0.2, 0.25) is 5.82 Å². The second kappa shape index (κ2) is 5.26. The van der Waals surface area contributed by atoms with Crippen molar-refractivity contribution >= 4 is 5.91 Å². The summed E-state index contributed by atoms with van der Waals surface area (Å²) in [5.41, 5.74) is -0.584. The molecule has 20 heavy (non-hydrogen) atoms.